The molecular formula is C12H19NO3S. The molecule has 5 heteroatoms. The van der Waals surface area contributed by atoms with E-state index in [1.807, 2.05) is 31.2 Å². The van der Waals surface area contributed by atoms with E-state index in [2.05, 4.69) is 0 Å². The van der Waals surface area contributed by atoms with Crippen LogP contribution in [0.25, 0.3) is 0 Å². The number of nitrogens with two attached hydrogens (primary N) is 1. The lowest BCUT2D eigenvalue weighted by Gasteiger charge is -2.13. The highest BCUT2D eigenvalue weighted by Crippen LogP contribution is 2.23. The molecule has 0 amide bonds. The Hall–Kier alpha value is -1.07. The molecule has 0 fully saturated rings. The lowest BCUT2D eigenvalue weighted by Crippen LogP contribution is -2.11. The lowest BCUT2D eigenvalue weighted by atomic mass is 10.1. The molecule has 96 valence electrons. The Morgan fingerprint density at radius 3 is 2.59 bits per heavy atom. The van der Waals surface area contributed by atoms with Crippen molar-refractivity contribution in [3.8, 4) is 5.75 Å². The van der Waals surface area contributed by atoms with E-state index in [0.717, 1.165) is 11.3 Å². The molecule has 17 heavy (non-hydrogen) atoms. The first-order valence-electron chi connectivity index (χ1n) is 5.55. The van der Waals surface area contributed by atoms with Crippen molar-refractivity contribution >= 4 is 9.84 Å². The van der Waals surface area contributed by atoms with Crippen LogP contribution in [0.15, 0.2) is 24.3 Å². The van der Waals surface area contributed by atoms with Gasteiger partial charge in [0.1, 0.15) is 15.6 Å². The Morgan fingerprint density at radius 1 is 1.35 bits per heavy atom. The summed E-state index contributed by atoms with van der Waals surface area (Å²) < 4.78 is 27.4. The van der Waals surface area contributed by atoms with Gasteiger partial charge in [0, 0.05) is 17.9 Å². The van der Waals surface area contributed by atoms with Crippen molar-refractivity contribution in [1.82, 2.24) is 0 Å². The van der Waals surface area contributed by atoms with Gasteiger partial charge in [-0.3, -0.25) is 0 Å². The molecule has 0 aromatic heterocycles. The van der Waals surface area contributed by atoms with E-state index in [1.54, 1.807) is 0 Å². The van der Waals surface area contributed by atoms with Crippen LogP contribution in [-0.4, -0.2) is 27.0 Å². The minimum Gasteiger partial charge on any atom is -0.493 e. The van der Waals surface area contributed by atoms with Crippen molar-refractivity contribution in [2.45, 2.75) is 19.4 Å². The summed E-state index contributed by atoms with van der Waals surface area (Å²) in [5, 5.41) is 0. The van der Waals surface area contributed by atoms with E-state index < -0.39 is 9.84 Å². The fraction of sp³-hybridized carbons (Fsp3) is 0.500. The minimum absolute atomic E-state index is 0.0962. The van der Waals surface area contributed by atoms with Crippen molar-refractivity contribution in [3.63, 3.8) is 0 Å². The van der Waals surface area contributed by atoms with Crippen molar-refractivity contribution in [2.24, 2.45) is 5.73 Å². The van der Waals surface area contributed by atoms with E-state index in [4.69, 9.17) is 10.5 Å². The van der Waals surface area contributed by atoms with E-state index >= 15 is 0 Å². The van der Waals surface area contributed by atoms with Gasteiger partial charge >= 0.3 is 0 Å². The molecule has 1 aromatic carbocycles. The maximum atomic E-state index is 10.9. The van der Waals surface area contributed by atoms with E-state index in [1.165, 1.54) is 6.26 Å². The highest BCUT2D eigenvalue weighted by atomic mass is 32.2. The quantitative estimate of drug-likeness (QED) is 0.784. The van der Waals surface area contributed by atoms with Crippen LogP contribution in [0.1, 0.15) is 24.9 Å². The first-order chi connectivity index (χ1) is 7.90. The van der Waals surface area contributed by atoms with Crippen LogP contribution in [0, 0.1) is 0 Å². The summed E-state index contributed by atoms with van der Waals surface area (Å²) in [7, 11) is -2.91. The van der Waals surface area contributed by atoms with Crippen LogP contribution in [0.5, 0.6) is 5.75 Å². The van der Waals surface area contributed by atoms with Gasteiger partial charge in [-0.05, 0) is 19.4 Å². The molecule has 0 saturated heterocycles. The third-order valence-electron chi connectivity index (χ3n) is 2.33. The molecule has 0 unspecified atom stereocenters. The molecule has 0 aliphatic heterocycles. The minimum atomic E-state index is -2.91. The summed E-state index contributed by atoms with van der Waals surface area (Å²) in [6.07, 6.45) is 1.72. The van der Waals surface area contributed by atoms with Crippen molar-refractivity contribution in [3.05, 3.63) is 29.8 Å². The second-order valence-electron chi connectivity index (χ2n) is 4.16. The van der Waals surface area contributed by atoms with E-state index in [0.29, 0.717) is 13.0 Å². The lowest BCUT2D eigenvalue weighted by molar-refractivity contribution is 0.313. The summed E-state index contributed by atoms with van der Waals surface area (Å²) >= 11 is 0. The highest BCUT2D eigenvalue weighted by molar-refractivity contribution is 7.90. The van der Waals surface area contributed by atoms with Crippen LogP contribution in [-0.2, 0) is 9.84 Å². The number of sulfone groups is 1. The topological polar surface area (TPSA) is 69.4 Å². The zero-order valence-corrected chi connectivity index (χ0v) is 11.0. The fourth-order valence-corrected chi connectivity index (χ4v) is 2.13. The third kappa shape index (κ3) is 5.19. The first-order valence-corrected chi connectivity index (χ1v) is 7.61. The molecule has 0 radical (unpaired) electrons. The molecule has 1 rings (SSSR count). The molecule has 0 aliphatic carbocycles. The smallest absolute Gasteiger partial charge is 0.147 e. The third-order valence-corrected chi connectivity index (χ3v) is 3.36. The molecule has 1 aromatic rings. The van der Waals surface area contributed by atoms with Crippen LogP contribution in [0.3, 0.4) is 0 Å². The van der Waals surface area contributed by atoms with Gasteiger partial charge in [0.2, 0.25) is 0 Å². The van der Waals surface area contributed by atoms with E-state index in [9.17, 15) is 8.42 Å². The summed E-state index contributed by atoms with van der Waals surface area (Å²) in [6, 6.07) is 7.44. The van der Waals surface area contributed by atoms with Crippen molar-refractivity contribution in [1.29, 1.82) is 0 Å². The molecular weight excluding hydrogens is 238 g/mol. The average molecular weight is 257 g/mol. The second-order valence-corrected chi connectivity index (χ2v) is 6.42. The Morgan fingerprint density at radius 2 is 2.00 bits per heavy atom. The standard InChI is InChI=1S/C12H19NO3S/c1-10(13)11-6-3-4-7-12(11)16-8-5-9-17(2,14)15/h3-4,6-7,10H,5,8-9,13H2,1-2H3/t10-/m1/s1. The number of rotatable bonds is 6. The normalized spacial score (nSPS) is 13.4. The zero-order chi connectivity index (χ0) is 12.9. The van der Waals surface area contributed by atoms with Gasteiger partial charge in [-0.1, -0.05) is 18.2 Å². The SMILES string of the molecule is C[C@@H](N)c1ccccc1OCCCS(C)(=O)=O. The highest BCUT2D eigenvalue weighted by Gasteiger charge is 2.07. The maximum absolute atomic E-state index is 10.9. The number of hydrogen-bond donors (Lipinski definition) is 1. The Labute approximate surface area is 103 Å². The molecule has 4 nitrogen and oxygen atoms in total. The number of ether oxygens (including phenoxy) is 1. The van der Waals surface area contributed by atoms with Gasteiger partial charge < -0.3 is 10.5 Å². The van der Waals surface area contributed by atoms with Crippen LogP contribution in [0.2, 0.25) is 0 Å². The number of hydrogen-bond acceptors (Lipinski definition) is 4. The Balaban J connectivity index is 2.52. The molecule has 0 saturated carbocycles. The summed E-state index contributed by atoms with van der Waals surface area (Å²) in [6.45, 7) is 2.27. The number of benzene rings is 1. The van der Waals surface area contributed by atoms with Crippen molar-refractivity contribution in [2.75, 3.05) is 18.6 Å². The summed E-state index contributed by atoms with van der Waals surface area (Å²) in [5.74, 6) is 0.879. The van der Waals surface area contributed by atoms with Crippen molar-refractivity contribution < 1.29 is 13.2 Å². The summed E-state index contributed by atoms with van der Waals surface area (Å²) in [5.41, 5.74) is 6.75. The largest absolute Gasteiger partial charge is 0.493 e. The van der Waals surface area contributed by atoms with E-state index in [-0.39, 0.29) is 11.8 Å². The molecule has 0 heterocycles. The maximum Gasteiger partial charge on any atom is 0.147 e. The average Bonchev–Trinajstić information content (AvgIpc) is 2.23. The Kier molecular flexibility index (Phi) is 4.96. The van der Waals surface area contributed by atoms with Gasteiger partial charge in [-0.15, -0.1) is 0 Å². The predicted molar refractivity (Wildman–Crippen MR) is 68.9 cm³/mol. The monoisotopic (exact) mass is 257 g/mol. The van der Waals surface area contributed by atoms with Gasteiger partial charge in [-0.25, -0.2) is 8.42 Å². The first kappa shape index (κ1) is 14.0. The van der Waals surface area contributed by atoms with Crippen LogP contribution >= 0.6 is 0 Å². The molecule has 1 atom stereocenters. The van der Waals surface area contributed by atoms with Crippen LogP contribution < -0.4 is 10.5 Å². The van der Waals surface area contributed by atoms with Gasteiger partial charge in [-0.2, -0.15) is 0 Å². The molecule has 0 spiro atoms. The van der Waals surface area contributed by atoms with Crippen LogP contribution in [0.4, 0.5) is 0 Å². The predicted octanol–water partition coefficient (Wildman–Crippen LogP) is 1.52. The Bertz CT molecular complexity index is 455. The van der Waals surface area contributed by atoms with Gasteiger partial charge in [0.05, 0.1) is 12.4 Å². The summed E-state index contributed by atoms with van der Waals surface area (Å²) in [4.78, 5) is 0. The molecule has 0 bridgehead atoms. The second kappa shape index (κ2) is 6.02. The number of para-hydroxylation sites is 1. The van der Waals surface area contributed by atoms with Gasteiger partial charge in [0.15, 0.2) is 0 Å². The van der Waals surface area contributed by atoms with Gasteiger partial charge in [0.25, 0.3) is 0 Å². The molecule has 0 aliphatic rings. The fourth-order valence-electron chi connectivity index (χ4n) is 1.49. The zero-order valence-electron chi connectivity index (χ0n) is 10.2. The molecule has 2 N–H and O–H groups in total.